The van der Waals surface area contributed by atoms with Gasteiger partial charge in [-0.25, -0.2) is 9.37 Å². The molecular weight excluding hydrogens is 281 g/mol. The van der Waals surface area contributed by atoms with Crippen LogP contribution in [0.3, 0.4) is 0 Å². The monoisotopic (exact) mass is 299 g/mol. The van der Waals surface area contributed by atoms with Gasteiger partial charge in [-0.15, -0.1) is 0 Å². The summed E-state index contributed by atoms with van der Waals surface area (Å²) < 4.78 is 12.9. The van der Waals surface area contributed by atoms with Crippen LogP contribution >= 0.6 is 0 Å². The largest absolute Gasteiger partial charge is 0.352 e. The first-order chi connectivity index (χ1) is 10.7. The third-order valence-electron chi connectivity index (χ3n) is 3.93. The first-order valence-corrected chi connectivity index (χ1v) is 7.45. The number of aromatic nitrogens is 1. The van der Waals surface area contributed by atoms with Crippen molar-refractivity contribution in [3.8, 4) is 0 Å². The second-order valence-electron chi connectivity index (χ2n) is 5.39. The van der Waals surface area contributed by atoms with Gasteiger partial charge in [-0.3, -0.25) is 4.79 Å². The SMILES string of the molecule is O=C(NCC1CCCN1c1ccccn1)c1ccc(F)cc1. The zero-order valence-electron chi connectivity index (χ0n) is 12.2. The number of pyridine rings is 1. The van der Waals surface area contributed by atoms with Crippen LogP contribution in [0.1, 0.15) is 23.2 Å². The molecule has 0 spiro atoms. The number of carbonyl (C=O) groups excluding carboxylic acids is 1. The van der Waals surface area contributed by atoms with Crippen LogP contribution in [-0.4, -0.2) is 30.0 Å². The number of hydrogen-bond donors (Lipinski definition) is 1. The molecule has 0 aliphatic carbocycles. The molecule has 114 valence electrons. The highest BCUT2D eigenvalue weighted by Crippen LogP contribution is 2.22. The average Bonchev–Trinajstić information content (AvgIpc) is 3.02. The lowest BCUT2D eigenvalue weighted by Crippen LogP contribution is -2.40. The molecule has 1 atom stereocenters. The number of hydrogen-bond acceptors (Lipinski definition) is 3. The van der Waals surface area contributed by atoms with Gasteiger partial charge in [0.25, 0.3) is 5.91 Å². The second kappa shape index (κ2) is 6.56. The molecule has 1 saturated heterocycles. The highest BCUT2D eigenvalue weighted by Gasteiger charge is 2.25. The van der Waals surface area contributed by atoms with Crippen molar-refractivity contribution in [1.29, 1.82) is 0 Å². The Balaban J connectivity index is 1.61. The van der Waals surface area contributed by atoms with Crippen molar-refractivity contribution in [3.05, 3.63) is 60.0 Å². The van der Waals surface area contributed by atoms with E-state index >= 15 is 0 Å². The highest BCUT2D eigenvalue weighted by molar-refractivity contribution is 5.94. The Morgan fingerprint density at radius 3 is 2.82 bits per heavy atom. The molecule has 0 saturated carbocycles. The smallest absolute Gasteiger partial charge is 0.251 e. The molecule has 1 N–H and O–H groups in total. The summed E-state index contributed by atoms with van der Waals surface area (Å²) in [4.78, 5) is 18.7. The maximum absolute atomic E-state index is 12.9. The van der Waals surface area contributed by atoms with Crippen LogP contribution in [0.2, 0.25) is 0 Å². The van der Waals surface area contributed by atoms with Crippen molar-refractivity contribution in [2.75, 3.05) is 18.0 Å². The van der Waals surface area contributed by atoms with E-state index in [1.807, 2.05) is 18.2 Å². The molecule has 1 aliphatic rings. The van der Waals surface area contributed by atoms with E-state index < -0.39 is 0 Å². The second-order valence-corrected chi connectivity index (χ2v) is 5.39. The number of amides is 1. The van der Waals surface area contributed by atoms with E-state index in [0.717, 1.165) is 25.2 Å². The molecule has 1 fully saturated rings. The molecular formula is C17H18FN3O. The Morgan fingerprint density at radius 2 is 2.09 bits per heavy atom. The van der Waals surface area contributed by atoms with Gasteiger partial charge in [0.1, 0.15) is 11.6 Å². The van der Waals surface area contributed by atoms with Gasteiger partial charge in [0.15, 0.2) is 0 Å². The molecule has 0 radical (unpaired) electrons. The van der Waals surface area contributed by atoms with Gasteiger partial charge in [0, 0.05) is 30.9 Å². The fourth-order valence-corrected chi connectivity index (χ4v) is 2.79. The lowest BCUT2D eigenvalue weighted by Gasteiger charge is -2.25. The Kier molecular flexibility index (Phi) is 4.32. The van der Waals surface area contributed by atoms with Crippen LogP contribution in [0, 0.1) is 5.82 Å². The van der Waals surface area contributed by atoms with Crippen LogP contribution < -0.4 is 10.2 Å². The summed E-state index contributed by atoms with van der Waals surface area (Å²) >= 11 is 0. The lowest BCUT2D eigenvalue weighted by molar-refractivity contribution is 0.0951. The van der Waals surface area contributed by atoms with Crippen LogP contribution in [-0.2, 0) is 0 Å². The molecule has 5 heteroatoms. The number of halogens is 1. The van der Waals surface area contributed by atoms with E-state index in [-0.39, 0.29) is 17.8 Å². The maximum Gasteiger partial charge on any atom is 0.251 e. The first-order valence-electron chi connectivity index (χ1n) is 7.45. The molecule has 1 unspecified atom stereocenters. The molecule has 1 amide bonds. The quantitative estimate of drug-likeness (QED) is 0.944. The van der Waals surface area contributed by atoms with Crippen LogP contribution in [0.25, 0.3) is 0 Å². The number of rotatable bonds is 4. The topological polar surface area (TPSA) is 45.2 Å². The fourth-order valence-electron chi connectivity index (χ4n) is 2.79. The summed E-state index contributed by atoms with van der Waals surface area (Å²) in [6, 6.07) is 11.7. The highest BCUT2D eigenvalue weighted by atomic mass is 19.1. The fraction of sp³-hybridized carbons (Fsp3) is 0.294. The van der Waals surface area contributed by atoms with Gasteiger partial charge >= 0.3 is 0 Å². The van der Waals surface area contributed by atoms with Gasteiger partial charge < -0.3 is 10.2 Å². The third-order valence-corrected chi connectivity index (χ3v) is 3.93. The van der Waals surface area contributed by atoms with E-state index in [2.05, 4.69) is 15.2 Å². The van der Waals surface area contributed by atoms with Gasteiger partial charge in [-0.05, 0) is 49.2 Å². The van der Waals surface area contributed by atoms with Crippen molar-refractivity contribution in [1.82, 2.24) is 10.3 Å². The predicted octanol–water partition coefficient (Wildman–Crippen LogP) is 2.62. The molecule has 2 heterocycles. The summed E-state index contributed by atoms with van der Waals surface area (Å²) in [5, 5.41) is 2.93. The number of nitrogens with zero attached hydrogens (tertiary/aromatic N) is 2. The van der Waals surface area contributed by atoms with Gasteiger partial charge in [0.05, 0.1) is 0 Å². The number of nitrogens with one attached hydrogen (secondary N) is 1. The zero-order valence-corrected chi connectivity index (χ0v) is 12.2. The van der Waals surface area contributed by atoms with Gasteiger partial charge in [0.2, 0.25) is 0 Å². The molecule has 4 nitrogen and oxygen atoms in total. The zero-order chi connectivity index (χ0) is 15.4. The van der Waals surface area contributed by atoms with Crippen LogP contribution in [0.5, 0.6) is 0 Å². The molecule has 3 rings (SSSR count). The van der Waals surface area contributed by atoms with Crippen LogP contribution in [0.4, 0.5) is 10.2 Å². The van der Waals surface area contributed by atoms with Gasteiger partial charge in [-0.2, -0.15) is 0 Å². The molecule has 1 aliphatic heterocycles. The Hall–Kier alpha value is -2.43. The van der Waals surface area contributed by atoms with Crippen molar-refractivity contribution < 1.29 is 9.18 Å². The number of anilines is 1. The normalized spacial score (nSPS) is 17.5. The van der Waals surface area contributed by atoms with Crippen molar-refractivity contribution >= 4 is 11.7 Å². The Morgan fingerprint density at radius 1 is 1.27 bits per heavy atom. The van der Waals surface area contributed by atoms with E-state index in [4.69, 9.17) is 0 Å². The first kappa shape index (κ1) is 14.5. The van der Waals surface area contributed by atoms with Crippen molar-refractivity contribution in [2.24, 2.45) is 0 Å². The Bertz CT molecular complexity index is 630. The van der Waals surface area contributed by atoms with Crippen molar-refractivity contribution in [2.45, 2.75) is 18.9 Å². The summed E-state index contributed by atoms with van der Waals surface area (Å²) in [5.74, 6) is 0.433. The maximum atomic E-state index is 12.9. The summed E-state index contributed by atoms with van der Waals surface area (Å²) in [6.07, 6.45) is 3.90. The average molecular weight is 299 g/mol. The molecule has 2 aromatic rings. The Labute approximate surface area is 129 Å². The summed E-state index contributed by atoms with van der Waals surface area (Å²) in [7, 11) is 0. The van der Waals surface area contributed by atoms with E-state index in [9.17, 15) is 9.18 Å². The minimum Gasteiger partial charge on any atom is -0.352 e. The molecule has 22 heavy (non-hydrogen) atoms. The van der Waals surface area contributed by atoms with Crippen LogP contribution in [0.15, 0.2) is 48.7 Å². The number of carbonyl (C=O) groups is 1. The van der Waals surface area contributed by atoms with E-state index in [0.29, 0.717) is 12.1 Å². The molecule has 1 aromatic heterocycles. The summed E-state index contributed by atoms with van der Waals surface area (Å²) in [5.41, 5.74) is 0.476. The minimum atomic E-state index is -0.339. The standard InChI is InChI=1S/C17H18FN3O/c18-14-8-6-13(7-9-14)17(22)20-12-15-4-3-11-21(15)16-5-1-2-10-19-16/h1-2,5-10,15H,3-4,11-12H2,(H,20,22). The molecule has 1 aromatic carbocycles. The number of benzene rings is 1. The van der Waals surface area contributed by atoms with E-state index in [1.54, 1.807) is 6.20 Å². The van der Waals surface area contributed by atoms with E-state index in [1.165, 1.54) is 24.3 Å². The minimum absolute atomic E-state index is 0.173. The predicted molar refractivity (Wildman–Crippen MR) is 83.3 cm³/mol. The molecule has 0 bridgehead atoms. The van der Waals surface area contributed by atoms with Gasteiger partial charge in [-0.1, -0.05) is 6.07 Å². The third kappa shape index (κ3) is 3.24. The lowest BCUT2D eigenvalue weighted by atomic mass is 10.2. The van der Waals surface area contributed by atoms with Crippen molar-refractivity contribution in [3.63, 3.8) is 0 Å². The summed E-state index contributed by atoms with van der Waals surface area (Å²) in [6.45, 7) is 1.51.